The Labute approximate surface area is 199 Å². The highest BCUT2D eigenvalue weighted by atomic mass is 79.9. The second-order valence-corrected chi connectivity index (χ2v) is 9.07. The van der Waals surface area contributed by atoms with Crippen molar-refractivity contribution in [3.05, 3.63) is 111 Å². The maximum atomic E-state index is 13.7. The molecule has 0 aliphatic carbocycles. The van der Waals surface area contributed by atoms with Gasteiger partial charge in [-0.1, -0.05) is 52.3 Å². The molecule has 6 heteroatoms. The first kappa shape index (κ1) is 21.2. The van der Waals surface area contributed by atoms with E-state index in [-0.39, 0.29) is 11.3 Å². The number of benzene rings is 3. The van der Waals surface area contributed by atoms with Gasteiger partial charge in [-0.2, -0.15) is 0 Å². The van der Waals surface area contributed by atoms with Crippen LogP contribution in [0.1, 0.15) is 33.3 Å². The van der Waals surface area contributed by atoms with Gasteiger partial charge in [-0.05, 0) is 66.9 Å². The number of carbonyl (C=O) groups excluding carboxylic acids is 2. The Balaban J connectivity index is 1.69. The second-order valence-electron chi connectivity index (χ2n) is 8.16. The van der Waals surface area contributed by atoms with Crippen LogP contribution in [0.15, 0.2) is 93.0 Å². The number of halogens is 1. The SMILES string of the molecule is Cc1cccc(N2C(=O)C(O)=C(C(=O)c3cc4cc(Br)ccc4o3)C2c2ccccc2C)c1. The van der Waals surface area contributed by atoms with Gasteiger partial charge in [-0.25, -0.2) is 0 Å². The van der Waals surface area contributed by atoms with Crippen molar-refractivity contribution in [3.8, 4) is 0 Å². The van der Waals surface area contributed by atoms with Crippen LogP contribution in [0.25, 0.3) is 11.0 Å². The number of aliphatic hydroxyl groups is 1. The van der Waals surface area contributed by atoms with Crippen molar-refractivity contribution in [2.45, 2.75) is 19.9 Å². The lowest BCUT2D eigenvalue weighted by atomic mass is 9.92. The number of aryl methyl sites for hydroxylation is 2. The molecule has 1 aromatic heterocycles. The quantitative estimate of drug-likeness (QED) is 0.320. The minimum atomic E-state index is -0.784. The van der Waals surface area contributed by atoms with Crippen molar-refractivity contribution in [2.24, 2.45) is 0 Å². The fraction of sp³-hybridized carbons (Fsp3) is 0.111. The van der Waals surface area contributed by atoms with E-state index in [9.17, 15) is 14.7 Å². The van der Waals surface area contributed by atoms with Gasteiger partial charge in [0.1, 0.15) is 5.58 Å². The van der Waals surface area contributed by atoms with Crippen LogP contribution in [0.2, 0.25) is 0 Å². The summed E-state index contributed by atoms with van der Waals surface area (Å²) in [6, 6.07) is 21.3. The molecule has 0 fully saturated rings. The molecule has 1 aliphatic rings. The van der Waals surface area contributed by atoms with Gasteiger partial charge in [0, 0.05) is 15.5 Å². The highest BCUT2D eigenvalue weighted by Crippen LogP contribution is 2.43. The lowest BCUT2D eigenvalue weighted by molar-refractivity contribution is -0.117. The Morgan fingerprint density at radius 2 is 1.79 bits per heavy atom. The number of fused-ring (bicyclic) bond motifs is 1. The third-order valence-electron chi connectivity index (χ3n) is 5.92. The predicted molar refractivity (Wildman–Crippen MR) is 130 cm³/mol. The molecule has 0 radical (unpaired) electrons. The number of hydrogen-bond donors (Lipinski definition) is 1. The molecule has 4 aromatic rings. The molecule has 1 N–H and O–H groups in total. The summed E-state index contributed by atoms with van der Waals surface area (Å²) < 4.78 is 6.67. The molecule has 0 bridgehead atoms. The normalized spacial score (nSPS) is 16.2. The smallest absolute Gasteiger partial charge is 0.294 e. The van der Waals surface area contributed by atoms with Gasteiger partial charge in [0.25, 0.3) is 5.91 Å². The molecule has 3 aromatic carbocycles. The van der Waals surface area contributed by atoms with Crippen molar-refractivity contribution in [3.63, 3.8) is 0 Å². The molecule has 2 heterocycles. The van der Waals surface area contributed by atoms with E-state index in [1.165, 1.54) is 4.90 Å². The number of anilines is 1. The average molecular weight is 502 g/mol. The molecular formula is C27H20BrNO4. The lowest BCUT2D eigenvalue weighted by Gasteiger charge is -2.28. The Morgan fingerprint density at radius 1 is 1.00 bits per heavy atom. The number of nitrogens with zero attached hydrogens (tertiary/aromatic N) is 1. The molecule has 5 rings (SSSR count). The molecule has 33 heavy (non-hydrogen) atoms. The lowest BCUT2D eigenvalue weighted by Crippen LogP contribution is -2.31. The van der Waals surface area contributed by atoms with E-state index in [0.717, 1.165) is 26.5 Å². The van der Waals surface area contributed by atoms with E-state index in [4.69, 9.17) is 4.42 Å². The number of furan rings is 1. The minimum absolute atomic E-state index is 0.00827. The van der Waals surface area contributed by atoms with E-state index in [2.05, 4.69) is 15.9 Å². The second kappa shape index (κ2) is 8.05. The summed E-state index contributed by atoms with van der Waals surface area (Å²) in [6.45, 7) is 3.85. The summed E-state index contributed by atoms with van der Waals surface area (Å²) in [5.41, 5.74) is 3.80. The zero-order valence-corrected chi connectivity index (χ0v) is 19.6. The van der Waals surface area contributed by atoms with Crippen molar-refractivity contribution in [1.29, 1.82) is 0 Å². The number of aliphatic hydroxyl groups excluding tert-OH is 1. The summed E-state index contributed by atoms with van der Waals surface area (Å²) in [7, 11) is 0. The van der Waals surface area contributed by atoms with Gasteiger partial charge in [0.2, 0.25) is 5.78 Å². The van der Waals surface area contributed by atoms with E-state index in [0.29, 0.717) is 11.3 Å². The van der Waals surface area contributed by atoms with Crippen LogP contribution in [0.5, 0.6) is 0 Å². The summed E-state index contributed by atoms with van der Waals surface area (Å²) in [6.07, 6.45) is 0. The van der Waals surface area contributed by atoms with Crippen molar-refractivity contribution in [1.82, 2.24) is 0 Å². The van der Waals surface area contributed by atoms with Crippen LogP contribution in [0, 0.1) is 13.8 Å². The summed E-state index contributed by atoms with van der Waals surface area (Å²) in [5, 5.41) is 11.7. The number of carbonyl (C=O) groups is 2. The monoisotopic (exact) mass is 501 g/mol. The number of ketones is 1. The van der Waals surface area contributed by atoms with Gasteiger partial charge in [0.15, 0.2) is 11.5 Å². The standard InChI is InChI=1S/C27H20BrNO4/c1-15-6-5-8-19(12-15)29-24(20-9-4-3-7-16(20)2)23(26(31)27(29)32)25(30)22-14-17-13-18(28)10-11-21(17)33-22/h3-14,24,31H,1-2H3. The summed E-state index contributed by atoms with van der Waals surface area (Å²) in [4.78, 5) is 28.5. The molecule has 0 spiro atoms. The van der Waals surface area contributed by atoms with Gasteiger partial charge >= 0.3 is 0 Å². The fourth-order valence-corrected chi connectivity index (χ4v) is 4.71. The third-order valence-corrected chi connectivity index (χ3v) is 6.41. The summed E-state index contributed by atoms with van der Waals surface area (Å²) in [5.74, 6) is -1.62. The van der Waals surface area contributed by atoms with Crippen molar-refractivity contribution >= 4 is 44.3 Å². The van der Waals surface area contributed by atoms with E-state index >= 15 is 0 Å². The van der Waals surface area contributed by atoms with Gasteiger partial charge < -0.3 is 9.52 Å². The number of Topliss-reactive ketones (excluding diaryl/α,β-unsaturated/α-hetero) is 1. The molecule has 164 valence electrons. The van der Waals surface area contributed by atoms with Crippen LogP contribution in [-0.2, 0) is 4.79 Å². The first-order valence-corrected chi connectivity index (χ1v) is 11.3. The Kier molecular flexibility index (Phi) is 5.17. The maximum absolute atomic E-state index is 13.7. The Bertz CT molecular complexity index is 1470. The largest absolute Gasteiger partial charge is 0.503 e. The maximum Gasteiger partial charge on any atom is 0.294 e. The number of hydrogen-bond acceptors (Lipinski definition) is 4. The Hall–Kier alpha value is -3.64. The Morgan fingerprint density at radius 3 is 2.55 bits per heavy atom. The topological polar surface area (TPSA) is 70.8 Å². The number of amides is 1. The van der Waals surface area contributed by atoms with Crippen LogP contribution >= 0.6 is 15.9 Å². The fourth-order valence-electron chi connectivity index (χ4n) is 4.33. The highest BCUT2D eigenvalue weighted by molar-refractivity contribution is 9.10. The van der Waals surface area contributed by atoms with Crippen LogP contribution in [-0.4, -0.2) is 16.8 Å². The molecule has 0 saturated heterocycles. The number of rotatable bonds is 4. The third kappa shape index (κ3) is 3.56. The van der Waals surface area contributed by atoms with Crippen LogP contribution in [0.4, 0.5) is 5.69 Å². The zero-order valence-electron chi connectivity index (χ0n) is 18.0. The molecule has 1 unspecified atom stereocenters. The average Bonchev–Trinajstić information content (AvgIpc) is 3.32. The first-order valence-electron chi connectivity index (χ1n) is 10.5. The molecular weight excluding hydrogens is 482 g/mol. The summed E-state index contributed by atoms with van der Waals surface area (Å²) >= 11 is 3.42. The zero-order chi connectivity index (χ0) is 23.3. The van der Waals surface area contributed by atoms with Crippen molar-refractivity contribution in [2.75, 3.05) is 4.90 Å². The van der Waals surface area contributed by atoms with Crippen LogP contribution in [0.3, 0.4) is 0 Å². The van der Waals surface area contributed by atoms with Crippen molar-refractivity contribution < 1.29 is 19.1 Å². The van der Waals surface area contributed by atoms with Gasteiger partial charge in [-0.15, -0.1) is 0 Å². The highest BCUT2D eigenvalue weighted by Gasteiger charge is 2.45. The molecule has 1 aliphatic heterocycles. The van der Waals surface area contributed by atoms with E-state index in [1.807, 2.05) is 68.4 Å². The first-order chi connectivity index (χ1) is 15.8. The van der Waals surface area contributed by atoms with Gasteiger partial charge in [-0.3, -0.25) is 14.5 Å². The van der Waals surface area contributed by atoms with Gasteiger partial charge in [0.05, 0.1) is 11.6 Å². The molecule has 1 amide bonds. The molecule has 0 saturated carbocycles. The molecule has 1 atom stereocenters. The van der Waals surface area contributed by atoms with Crippen LogP contribution < -0.4 is 4.90 Å². The van der Waals surface area contributed by atoms with E-state index in [1.54, 1.807) is 18.2 Å². The minimum Gasteiger partial charge on any atom is -0.503 e. The predicted octanol–water partition coefficient (Wildman–Crippen LogP) is 6.60. The molecule has 5 nitrogen and oxygen atoms in total. The van der Waals surface area contributed by atoms with E-state index < -0.39 is 23.5 Å².